The highest BCUT2D eigenvalue weighted by Crippen LogP contribution is 2.35. The minimum absolute atomic E-state index is 0.0752. The van der Waals surface area contributed by atoms with Crippen LogP contribution >= 0.6 is 22.7 Å². The van der Waals surface area contributed by atoms with Crippen molar-refractivity contribution in [2.45, 2.75) is 30.6 Å². The molecule has 2 N–H and O–H groups in total. The average molecular weight is 539 g/mol. The van der Waals surface area contributed by atoms with Crippen LogP contribution in [0, 0.1) is 0 Å². The first-order valence-electron chi connectivity index (χ1n) is 10.6. The van der Waals surface area contributed by atoms with Crippen molar-refractivity contribution >= 4 is 59.1 Å². The van der Waals surface area contributed by atoms with Gasteiger partial charge in [0.1, 0.15) is 19.1 Å². The molecule has 0 saturated carbocycles. The van der Waals surface area contributed by atoms with Crippen molar-refractivity contribution < 1.29 is 16.8 Å². The number of hydrogen-bond acceptors (Lipinski definition) is 8. The Morgan fingerprint density at radius 2 is 1.97 bits per heavy atom. The normalized spacial score (nSPS) is 13.4. The fourth-order valence-corrected chi connectivity index (χ4v) is 8.20. The first kappa shape index (κ1) is 24.9. The van der Waals surface area contributed by atoms with Crippen LogP contribution < -0.4 is 9.62 Å². The van der Waals surface area contributed by atoms with Gasteiger partial charge in [0.2, 0.25) is 0 Å². The molecule has 1 aromatic carbocycles. The zero-order valence-corrected chi connectivity index (χ0v) is 22.2. The molecular formula is C22H26N4O4S4. The number of sulfonamides is 1. The van der Waals surface area contributed by atoms with Crippen LogP contribution in [0.25, 0.3) is 21.6 Å². The number of thiazole rings is 1. The molecule has 1 atom stereocenters. The maximum atomic E-state index is 13.2. The van der Waals surface area contributed by atoms with E-state index in [0.29, 0.717) is 23.0 Å². The number of aromatic amines is 1. The fraction of sp³-hybridized carbons (Fsp3) is 0.318. The highest BCUT2D eigenvalue weighted by Gasteiger charge is 2.26. The SMILES string of the molecule is CCN(c1cccc2cc(-c3ncc(CNC(C)CS(C)(=O)=O)s3)[nH]c12)S(=O)(=O)c1cccs1. The minimum atomic E-state index is -3.66. The first-order chi connectivity index (χ1) is 16.1. The zero-order chi connectivity index (χ0) is 24.5. The van der Waals surface area contributed by atoms with Crippen molar-refractivity contribution in [3.8, 4) is 10.7 Å². The predicted octanol–water partition coefficient (Wildman–Crippen LogP) is 4.09. The van der Waals surface area contributed by atoms with Gasteiger partial charge in [0.05, 0.1) is 22.7 Å². The number of anilines is 1. The number of nitrogens with zero attached hydrogens (tertiary/aromatic N) is 2. The summed E-state index contributed by atoms with van der Waals surface area (Å²) in [5.41, 5.74) is 2.12. The smallest absolute Gasteiger partial charge is 0.273 e. The second-order valence-electron chi connectivity index (χ2n) is 8.03. The zero-order valence-electron chi connectivity index (χ0n) is 19.0. The minimum Gasteiger partial charge on any atom is -0.351 e. The van der Waals surface area contributed by atoms with E-state index in [2.05, 4.69) is 15.3 Å². The summed E-state index contributed by atoms with van der Waals surface area (Å²) in [5.74, 6) is 0.0752. The molecule has 0 aliphatic rings. The second-order valence-corrected chi connectivity index (χ2v) is 14.4. The Balaban J connectivity index is 1.60. The third-order valence-electron chi connectivity index (χ3n) is 5.19. The lowest BCUT2D eigenvalue weighted by molar-refractivity contribution is 0.562. The van der Waals surface area contributed by atoms with Crippen LogP contribution in [0.2, 0.25) is 0 Å². The van der Waals surface area contributed by atoms with Crippen LogP contribution in [0.1, 0.15) is 18.7 Å². The molecule has 4 aromatic rings. The number of aromatic nitrogens is 2. The number of para-hydroxylation sites is 1. The summed E-state index contributed by atoms with van der Waals surface area (Å²) in [6.45, 7) is 4.47. The summed E-state index contributed by atoms with van der Waals surface area (Å²) in [6, 6.07) is 10.7. The Labute approximate surface area is 207 Å². The van der Waals surface area contributed by atoms with Gasteiger partial charge in [0.15, 0.2) is 0 Å². The summed E-state index contributed by atoms with van der Waals surface area (Å²) >= 11 is 2.70. The Bertz CT molecular complexity index is 1490. The summed E-state index contributed by atoms with van der Waals surface area (Å²) < 4.78 is 51.1. The van der Waals surface area contributed by atoms with Crippen LogP contribution in [-0.2, 0) is 26.4 Å². The molecule has 0 aliphatic heterocycles. The molecule has 34 heavy (non-hydrogen) atoms. The van der Waals surface area contributed by atoms with E-state index in [1.807, 2.05) is 32.0 Å². The van der Waals surface area contributed by atoms with Gasteiger partial charge < -0.3 is 10.3 Å². The lowest BCUT2D eigenvalue weighted by atomic mass is 10.2. The lowest BCUT2D eigenvalue weighted by Gasteiger charge is -2.22. The Morgan fingerprint density at radius 3 is 2.65 bits per heavy atom. The molecule has 0 spiro atoms. The van der Waals surface area contributed by atoms with Crippen molar-refractivity contribution in [3.05, 3.63) is 52.9 Å². The van der Waals surface area contributed by atoms with Gasteiger partial charge >= 0.3 is 0 Å². The molecule has 3 heterocycles. The molecule has 4 rings (SSSR count). The third kappa shape index (κ3) is 5.36. The first-order valence-corrected chi connectivity index (χ1v) is 15.8. The molecule has 0 bridgehead atoms. The van der Waals surface area contributed by atoms with Gasteiger partial charge in [-0.2, -0.15) is 0 Å². The average Bonchev–Trinajstić information content (AvgIpc) is 3.52. The van der Waals surface area contributed by atoms with Gasteiger partial charge in [0, 0.05) is 41.8 Å². The number of fused-ring (bicyclic) bond motifs is 1. The van der Waals surface area contributed by atoms with Crippen molar-refractivity contribution in [3.63, 3.8) is 0 Å². The molecule has 0 fully saturated rings. The van der Waals surface area contributed by atoms with Crippen LogP contribution in [0.3, 0.4) is 0 Å². The maximum Gasteiger partial charge on any atom is 0.273 e. The van der Waals surface area contributed by atoms with Crippen molar-refractivity contribution in [2.24, 2.45) is 0 Å². The van der Waals surface area contributed by atoms with E-state index in [1.165, 1.54) is 33.2 Å². The van der Waals surface area contributed by atoms with Gasteiger partial charge in [-0.1, -0.05) is 18.2 Å². The molecule has 3 aromatic heterocycles. The Morgan fingerprint density at radius 1 is 1.18 bits per heavy atom. The van der Waals surface area contributed by atoms with E-state index in [-0.39, 0.29) is 11.8 Å². The number of thiophene rings is 1. The van der Waals surface area contributed by atoms with Crippen LogP contribution in [0.15, 0.2) is 52.2 Å². The van der Waals surface area contributed by atoms with Gasteiger partial charge in [-0.15, -0.1) is 22.7 Å². The van der Waals surface area contributed by atoms with E-state index in [1.54, 1.807) is 29.8 Å². The number of rotatable bonds is 10. The molecular weight excluding hydrogens is 513 g/mol. The number of H-pyrrole nitrogens is 1. The van der Waals surface area contributed by atoms with Crippen molar-refractivity contribution in [1.29, 1.82) is 0 Å². The van der Waals surface area contributed by atoms with Crippen molar-refractivity contribution in [2.75, 3.05) is 22.9 Å². The number of nitrogens with one attached hydrogen (secondary N) is 2. The molecule has 0 amide bonds. The molecule has 1 unspecified atom stereocenters. The molecule has 0 radical (unpaired) electrons. The molecule has 0 aliphatic carbocycles. The van der Waals surface area contributed by atoms with E-state index in [9.17, 15) is 16.8 Å². The van der Waals surface area contributed by atoms with Gasteiger partial charge in [-0.3, -0.25) is 4.31 Å². The summed E-state index contributed by atoms with van der Waals surface area (Å²) in [7, 11) is -6.71. The molecule has 8 nitrogen and oxygen atoms in total. The molecule has 0 saturated heterocycles. The summed E-state index contributed by atoms with van der Waals surface area (Å²) in [5, 5.41) is 6.64. The van der Waals surface area contributed by atoms with Gasteiger partial charge in [-0.25, -0.2) is 21.8 Å². The third-order valence-corrected chi connectivity index (χ3v) is 10.6. The highest BCUT2D eigenvalue weighted by atomic mass is 32.2. The quantitative estimate of drug-likeness (QED) is 0.315. The number of sulfone groups is 1. The number of hydrogen-bond donors (Lipinski definition) is 2. The monoisotopic (exact) mass is 538 g/mol. The highest BCUT2D eigenvalue weighted by molar-refractivity contribution is 7.94. The van der Waals surface area contributed by atoms with E-state index >= 15 is 0 Å². The predicted molar refractivity (Wildman–Crippen MR) is 140 cm³/mol. The van der Waals surface area contributed by atoms with E-state index in [4.69, 9.17) is 0 Å². The van der Waals surface area contributed by atoms with Gasteiger partial charge in [0.25, 0.3) is 10.0 Å². The second kappa shape index (κ2) is 9.78. The Hall–Kier alpha value is -2.25. The number of benzene rings is 1. The topological polar surface area (TPSA) is 112 Å². The van der Waals surface area contributed by atoms with Crippen LogP contribution in [0.4, 0.5) is 5.69 Å². The summed E-state index contributed by atoms with van der Waals surface area (Å²) in [4.78, 5) is 8.86. The van der Waals surface area contributed by atoms with Crippen molar-refractivity contribution in [1.82, 2.24) is 15.3 Å². The molecule has 182 valence electrons. The fourth-order valence-electron chi connectivity index (χ4n) is 3.75. The largest absolute Gasteiger partial charge is 0.351 e. The van der Waals surface area contributed by atoms with E-state index in [0.717, 1.165) is 26.5 Å². The summed E-state index contributed by atoms with van der Waals surface area (Å²) in [6.07, 6.45) is 3.00. The lowest BCUT2D eigenvalue weighted by Crippen LogP contribution is -2.31. The van der Waals surface area contributed by atoms with E-state index < -0.39 is 19.9 Å². The standard InChI is InChI=1S/C22H26N4O4S4/c1-4-26(34(29,30)20-9-6-10-31-20)19-8-5-7-16-11-18(25-21(16)19)22-24-13-17(32-22)12-23-15(2)14-33(3,27)28/h5-11,13,15,23,25H,4,12,14H2,1-3H3. The van der Waals surface area contributed by atoms with Crippen LogP contribution in [0.5, 0.6) is 0 Å². The Kier molecular flexibility index (Phi) is 7.15. The van der Waals surface area contributed by atoms with Gasteiger partial charge in [-0.05, 0) is 37.4 Å². The maximum absolute atomic E-state index is 13.2. The van der Waals surface area contributed by atoms with Crippen LogP contribution in [-0.4, -0.2) is 51.4 Å². The molecule has 12 heteroatoms.